The molecule has 1 rings (SSSR count). The molecule has 0 aliphatic heterocycles. The van der Waals surface area contributed by atoms with Crippen molar-refractivity contribution in [2.75, 3.05) is 7.05 Å². The quantitative estimate of drug-likeness (QED) is 0.735. The molecule has 1 N–H and O–H groups in total. The normalized spacial score (nSPS) is 15.9. The van der Waals surface area contributed by atoms with Crippen molar-refractivity contribution >= 4 is 0 Å². The van der Waals surface area contributed by atoms with Crippen LogP contribution in [0.25, 0.3) is 0 Å². The molecule has 1 aromatic rings. The molecule has 2 unspecified atom stereocenters. The average Bonchev–Trinajstić information content (AvgIpc) is 2.58. The molecule has 0 fully saturated rings. The van der Waals surface area contributed by atoms with Crippen LogP contribution in [0.3, 0.4) is 0 Å². The van der Waals surface area contributed by atoms with Gasteiger partial charge in [-0.25, -0.2) is 0 Å². The van der Waals surface area contributed by atoms with Crippen molar-refractivity contribution in [2.45, 2.75) is 32.4 Å². The summed E-state index contributed by atoms with van der Waals surface area (Å²) < 4.78 is 1.99. The number of hydrogen-bond donors (Lipinski definition) is 1. The standard InChI is InChI=1S/C9H17N3/c1-4-9(10-3)8(2)12-7-5-6-11-12/h5-10H,4H2,1-3H3. The zero-order chi connectivity index (χ0) is 8.97. The fourth-order valence-corrected chi connectivity index (χ4v) is 1.49. The smallest absolute Gasteiger partial charge is 0.0643 e. The van der Waals surface area contributed by atoms with E-state index in [1.165, 1.54) is 0 Å². The Balaban J connectivity index is 2.63. The van der Waals surface area contributed by atoms with Gasteiger partial charge in [-0.15, -0.1) is 0 Å². The van der Waals surface area contributed by atoms with E-state index in [0.29, 0.717) is 12.1 Å². The summed E-state index contributed by atoms with van der Waals surface area (Å²) in [7, 11) is 1.99. The molecule has 0 aromatic carbocycles. The summed E-state index contributed by atoms with van der Waals surface area (Å²) in [5.74, 6) is 0. The molecule has 2 atom stereocenters. The van der Waals surface area contributed by atoms with Gasteiger partial charge in [0.2, 0.25) is 0 Å². The van der Waals surface area contributed by atoms with Gasteiger partial charge >= 0.3 is 0 Å². The van der Waals surface area contributed by atoms with Crippen LogP contribution in [0.2, 0.25) is 0 Å². The Hall–Kier alpha value is -0.830. The molecule has 1 heterocycles. The van der Waals surface area contributed by atoms with Crippen LogP contribution in [0.1, 0.15) is 26.3 Å². The summed E-state index contributed by atoms with van der Waals surface area (Å²) in [6.07, 6.45) is 4.95. The Kier molecular flexibility index (Phi) is 3.29. The molecule has 68 valence electrons. The van der Waals surface area contributed by atoms with Gasteiger partial charge in [0, 0.05) is 18.4 Å². The molecular weight excluding hydrogens is 150 g/mol. The first-order valence-electron chi connectivity index (χ1n) is 4.46. The number of hydrogen-bond acceptors (Lipinski definition) is 2. The van der Waals surface area contributed by atoms with Crippen LogP contribution >= 0.6 is 0 Å². The van der Waals surface area contributed by atoms with Crippen LogP contribution in [0, 0.1) is 0 Å². The Morgan fingerprint density at radius 1 is 1.58 bits per heavy atom. The van der Waals surface area contributed by atoms with Crippen molar-refractivity contribution in [3.63, 3.8) is 0 Å². The fourth-order valence-electron chi connectivity index (χ4n) is 1.49. The predicted molar refractivity (Wildman–Crippen MR) is 50.1 cm³/mol. The van der Waals surface area contributed by atoms with Gasteiger partial charge in [0.05, 0.1) is 6.04 Å². The highest BCUT2D eigenvalue weighted by Gasteiger charge is 2.14. The summed E-state index contributed by atoms with van der Waals surface area (Å²) in [6, 6.07) is 2.89. The van der Waals surface area contributed by atoms with Gasteiger partial charge in [-0.05, 0) is 26.5 Å². The van der Waals surface area contributed by atoms with Crippen molar-refractivity contribution in [2.24, 2.45) is 0 Å². The van der Waals surface area contributed by atoms with Crippen molar-refractivity contribution in [1.29, 1.82) is 0 Å². The monoisotopic (exact) mass is 167 g/mol. The van der Waals surface area contributed by atoms with E-state index in [9.17, 15) is 0 Å². The number of likely N-dealkylation sites (N-methyl/N-ethyl adjacent to an activating group) is 1. The molecule has 0 amide bonds. The molecule has 0 aliphatic carbocycles. The number of nitrogens with zero attached hydrogens (tertiary/aromatic N) is 2. The minimum atomic E-state index is 0.426. The topological polar surface area (TPSA) is 29.9 Å². The summed E-state index contributed by atoms with van der Waals surface area (Å²) >= 11 is 0. The van der Waals surface area contributed by atoms with Crippen molar-refractivity contribution in [3.8, 4) is 0 Å². The van der Waals surface area contributed by atoms with Gasteiger partial charge in [0.1, 0.15) is 0 Å². The number of nitrogens with one attached hydrogen (secondary N) is 1. The second-order valence-electron chi connectivity index (χ2n) is 3.03. The minimum absolute atomic E-state index is 0.426. The third-order valence-electron chi connectivity index (χ3n) is 2.34. The Morgan fingerprint density at radius 3 is 2.75 bits per heavy atom. The van der Waals surface area contributed by atoms with Crippen LogP contribution in [0.15, 0.2) is 18.5 Å². The predicted octanol–water partition coefficient (Wildman–Crippen LogP) is 1.44. The molecule has 12 heavy (non-hydrogen) atoms. The van der Waals surface area contributed by atoms with Gasteiger partial charge in [-0.3, -0.25) is 4.68 Å². The van der Waals surface area contributed by atoms with Gasteiger partial charge in [-0.1, -0.05) is 6.92 Å². The Bertz CT molecular complexity index is 202. The van der Waals surface area contributed by atoms with E-state index in [-0.39, 0.29) is 0 Å². The number of rotatable bonds is 4. The summed E-state index contributed by atoms with van der Waals surface area (Å²) in [5.41, 5.74) is 0. The van der Waals surface area contributed by atoms with E-state index in [2.05, 4.69) is 24.3 Å². The minimum Gasteiger partial charge on any atom is -0.315 e. The van der Waals surface area contributed by atoms with Gasteiger partial charge in [0.25, 0.3) is 0 Å². The zero-order valence-electron chi connectivity index (χ0n) is 7.99. The van der Waals surface area contributed by atoms with E-state index >= 15 is 0 Å². The van der Waals surface area contributed by atoms with Crippen LogP contribution in [0.5, 0.6) is 0 Å². The van der Waals surface area contributed by atoms with E-state index in [0.717, 1.165) is 6.42 Å². The van der Waals surface area contributed by atoms with Crippen LogP contribution in [0.4, 0.5) is 0 Å². The SMILES string of the molecule is CCC(NC)C(C)n1cccn1. The van der Waals surface area contributed by atoms with Gasteiger partial charge in [0.15, 0.2) is 0 Å². The second kappa shape index (κ2) is 4.26. The number of aromatic nitrogens is 2. The first kappa shape index (κ1) is 9.26. The maximum atomic E-state index is 4.21. The first-order valence-corrected chi connectivity index (χ1v) is 4.46. The van der Waals surface area contributed by atoms with Crippen LogP contribution in [-0.2, 0) is 0 Å². The van der Waals surface area contributed by atoms with Crippen LogP contribution in [-0.4, -0.2) is 22.9 Å². The van der Waals surface area contributed by atoms with E-state index in [4.69, 9.17) is 0 Å². The fraction of sp³-hybridized carbons (Fsp3) is 0.667. The Labute approximate surface area is 73.8 Å². The molecule has 0 radical (unpaired) electrons. The molecule has 0 bridgehead atoms. The molecule has 1 aromatic heterocycles. The third-order valence-corrected chi connectivity index (χ3v) is 2.34. The summed E-state index contributed by atoms with van der Waals surface area (Å²) in [4.78, 5) is 0. The molecule has 0 spiro atoms. The van der Waals surface area contributed by atoms with E-state index in [1.807, 2.05) is 30.2 Å². The third kappa shape index (κ3) is 1.85. The lowest BCUT2D eigenvalue weighted by Crippen LogP contribution is -2.33. The van der Waals surface area contributed by atoms with Gasteiger partial charge in [-0.2, -0.15) is 5.10 Å². The molecule has 3 nitrogen and oxygen atoms in total. The summed E-state index contributed by atoms with van der Waals surface area (Å²) in [5, 5.41) is 7.49. The average molecular weight is 167 g/mol. The van der Waals surface area contributed by atoms with Crippen molar-refractivity contribution in [1.82, 2.24) is 15.1 Å². The van der Waals surface area contributed by atoms with Gasteiger partial charge < -0.3 is 5.32 Å². The lowest BCUT2D eigenvalue weighted by atomic mass is 10.1. The second-order valence-corrected chi connectivity index (χ2v) is 3.03. The first-order chi connectivity index (χ1) is 5.79. The maximum absolute atomic E-state index is 4.21. The summed E-state index contributed by atoms with van der Waals surface area (Å²) in [6.45, 7) is 4.36. The maximum Gasteiger partial charge on any atom is 0.0643 e. The molecule has 0 aliphatic rings. The van der Waals surface area contributed by atoms with E-state index < -0.39 is 0 Å². The van der Waals surface area contributed by atoms with Crippen molar-refractivity contribution < 1.29 is 0 Å². The molecule has 0 saturated carbocycles. The van der Waals surface area contributed by atoms with Crippen molar-refractivity contribution in [3.05, 3.63) is 18.5 Å². The van der Waals surface area contributed by atoms with E-state index in [1.54, 1.807) is 0 Å². The van der Waals surface area contributed by atoms with Crippen LogP contribution < -0.4 is 5.32 Å². The highest BCUT2D eigenvalue weighted by atomic mass is 15.3. The lowest BCUT2D eigenvalue weighted by molar-refractivity contribution is 0.356. The Morgan fingerprint density at radius 2 is 2.33 bits per heavy atom. The molecule has 0 saturated heterocycles. The lowest BCUT2D eigenvalue weighted by Gasteiger charge is -2.22. The molecule has 3 heteroatoms. The highest BCUT2D eigenvalue weighted by Crippen LogP contribution is 2.11. The largest absolute Gasteiger partial charge is 0.315 e. The molecular formula is C9H17N3. The highest BCUT2D eigenvalue weighted by molar-refractivity contribution is 4.84. The zero-order valence-corrected chi connectivity index (χ0v) is 7.99.